The molecule has 3 N–H and O–H groups in total. The fourth-order valence-electron chi connectivity index (χ4n) is 3.02. The minimum atomic E-state index is 0.336. The molecule has 1 fully saturated rings. The number of rotatable bonds is 3. The first kappa shape index (κ1) is 12.6. The van der Waals surface area contributed by atoms with Crippen LogP contribution in [-0.4, -0.2) is 12.1 Å². The average Bonchev–Trinajstić information content (AvgIpc) is 2.82. The third-order valence-corrected chi connectivity index (χ3v) is 4.20. The Morgan fingerprint density at radius 1 is 1.11 bits per heavy atom. The van der Waals surface area contributed by atoms with Gasteiger partial charge >= 0.3 is 0 Å². The summed E-state index contributed by atoms with van der Waals surface area (Å²) >= 11 is 0. The van der Waals surface area contributed by atoms with Gasteiger partial charge in [0, 0.05) is 18.6 Å². The molecule has 100 valence electrons. The fraction of sp³-hybridized carbons (Fsp3) is 0.412. The summed E-state index contributed by atoms with van der Waals surface area (Å²) < 4.78 is 0. The van der Waals surface area contributed by atoms with Gasteiger partial charge in [0.1, 0.15) is 0 Å². The van der Waals surface area contributed by atoms with Crippen LogP contribution in [0.3, 0.4) is 0 Å². The lowest BCUT2D eigenvalue weighted by atomic mass is 10.0. The quantitative estimate of drug-likeness (QED) is 0.883. The molecule has 1 saturated carbocycles. The molecule has 1 aliphatic rings. The molecule has 2 aromatic rings. The minimum Gasteiger partial charge on any atom is -0.326 e. The van der Waals surface area contributed by atoms with Gasteiger partial charge in [-0.05, 0) is 42.2 Å². The Hall–Kier alpha value is -1.38. The lowest BCUT2D eigenvalue weighted by Crippen LogP contribution is -2.40. The van der Waals surface area contributed by atoms with Crippen molar-refractivity contribution in [2.24, 2.45) is 5.73 Å². The lowest BCUT2D eigenvalue weighted by molar-refractivity contribution is 0.475. The maximum atomic E-state index is 6.09. The minimum absolute atomic E-state index is 0.336. The molecular formula is C17H22N2. The Morgan fingerprint density at radius 2 is 1.89 bits per heavy atom. The molecule has 0 aromatic heterocycles. The predicted octanol–water partition coefficient (Wildman–Crippen LogP) is 3.12. The molecule has 0 amide bonds. The van der Waals surface area contributed by atoms with Gasteiger partial charge in [0.25, 0.3) is 0 Å². The molecule has 1 aliphatic carbocycles. The van der Waals surface area contributed by atoms with E-state index < -0.39 is 0 Å². The van der Waals surface area contributed by atoms with Gasteiger partial charge in [-0.25, -0.2) is 0 Å². The molecule has 2 aromatic carbocycles. The highest BCUT2D eigenvalue weighted by atomic mass is 15.0. The highest BCUT2D eigenvalue weighted by molar-refractivity contribution is 5.83. The Morgan fingerprint density at radius 3 is 2.68 bits per heavy atom. The van der Waals surface area contributed by atoms with E-state index in [2.05, 4.69) is 48.6 Å². The van der Waals surface area contributed by atoms with Gasteiger partial charge in [0.2, 0.25) is 0 Å². The summed E-state index contributed by atoms with van der Waals surface area (Å²) in [6, 6.07) is 14.2. The number of fused-ring (bicyclic) bond motifs is 1. The second-order valence-corrected chi connectivity index (χ2v) is 5.77. The van der Waals surface area contributed by atoms with Crippen LogP contribution in [0, 0.1) is 6.92 Å². The van der Waals surface area contributed by atoms with Crippen LogP contribution in [0.1, 0.15) is 30.4 Å². The molecule has 0 spiro atoms. The maximum Gasteiger partial charge on any atom is 0.0222 e. The van der Waals surface area contributed by atoms with Crippen LogP contribution in [0.4, 0.5) is 0 Å². The van der Waals surface area contributed by atoms with Crippen molar-refractivity contribution in [2.75, 3.05) is 0 Å². The Labute approximate surface area is 115 Å². The van der Waals surface area contributed by atoms with Gasteiger partial charge in [0.05, 0.1) is 0 Å². The van der Waals surface area contributed by atoms with E-state index in [0.29, 0.717) is 12.1 Å². The molecule has 2 unspecified atom stereocenters. The molecular weight excluding hydrogens is 232 g/mol. The number of benzene rings is 2. The summed E-state index contributed by atoms with van der Waals surface area (Å²) in [6.45, 7) is 3.05. The van der Waals surface area contributed by atoms with Gasteiger partial charge in [-0.1, -0.05) is 42.3 Å². The molecule has 19 heavy (non-hydrogen) atoms. The van der Waals surface area contributed by atoms with Crippen LogP contribution in [0.2, 0.25) is 0 Å². The topological polar surface area (TPSA) is 38.0 Å². The zero-order valence-electron chi connectivity index (χ0n) is 11.5. The summed E-state index contributed by atoms with van der Waals surface area (Å²) in [4.78, 5) is 0. The van der Waals surface area contributed by atoms with E-state index >= 15 is 0 Å². The van der Waals surface area contributed by atoms with Gasteiger partial charge in [-0.15, -0.1) is 0 Å². The van der Waals surface area contributed by atoms with E-state index in [1.165, 1.54) is 34.7 Å². The molecule has 2 atom stereocenters. The maximum absolute atomic E-state index is 6.09. The summed E-state index contributed by atoms with van der Waals surface area (Å²) in [6.07, 6.45) is 3.64. The number of hydrogen-bond acceptors (Lipinski definition) is 2. The third kappa shape index (κ3) is 2.80. The van der Waals surface area contributed by atoms with Crippen LogP contribution in [-0.2, 0) is 6.54 Å². The van der Waals surface area contributed by atoms with Gasteiger partial charge in [0.15, 0.2) is 0 Å². The monoisotopic (exact) mass is 254 g/mol. The van der Waals surface area contributed by atoms with Crippen molar-refractivity contribution in [3.05, 3.63) is 47.5 Å². The molecule has 2 heteroatoms. The first-order chi connectivity index (χ1) is 9.22. The normalized spacial score (nSPS) is 23.1. The third-order valence-electron chi connectivity index (χ3n) is 4.20. The average molecular weight is 254 g/mol. The predicted molar refractivity (Wildman–Crippen MR) is 81.1 cm³/mol. The first-order valence-corrected chi connectivity index (χ1v) is 7.21. The smallest absolute Gasteiger partial charge is 0.0222 e. The molecule has 0 saturated heterocycles. The summed E-state index contributed by atoms with van der Waals surface area (Å²) in [5.41, 5.74) is 8.75. The summed E-state index contributed by atoms with van der Waals surface area (Å²) in [7, 11) is 0. The molecule has 0 heterocycles. The van der Waals surface area contributed by atoms with E-state index in [-0.39, 0.29) is 0 Å². The summed E-state index contributed by atoms with van der Waals surface area (Å²) in [5.74, 6) is 0. The van der Waals surface area contributed by atoms with Crippen molar-refractivity contribution in [3.63, 3.8) is 0 Å². The van der Waals surface area contributed by atoms with Crippen molar-refractivity contribution >= 4 is 10.8 Å². The zero-order valence-corrected chi connectivity index (χ0v) is 11.5. The van der Waals surface area contributed by atoms with Crippen LogP contribution in [0.15, 0.2) is 36.4 Å². The van der Waals surface area contributed by atoms with E-state index in [1.807, 2.05) is 0 Å². The van der Waals surface area contributed by atoms with Gasteiger partial charge < -0.3 is 11.1 Å². The van der Waals surface area contributed by atoms with Crippen molar-refractivity contribution in [1.29, 1.82) is 0 Å². The van der Waals surface area contributed by atoms with Crippen molar-refractivity contribution in [3.8, 4) is 0 Å². The number of aryl methyl sites for hydroxylation is 1. The second-order valence-electron chi connectivity index (χ2n) is 5.77. The Balaban J connectivity index is 1.72. The van der Waals surface area contributed by atoms with Crippen LogP contribution < -0.4 is 11.1 Å². The molecule has 2 nitrogen and oxygen atoms in total. The van der Waals surface area contributed by atoms with E-state index in [1.54, 1.807) is 0 Å². The largest absolute Gasteiger partial charge is 0.326 e. The first-order valence-electron chi connectivity index (χ1n) is 7.21. The highest BCUT2D eigenvalue weighted by Gasteiger charge is 2.22. The van der Waals surface area contributed by atoms with Gasteiger partial charge in [-0.3, -0.25) is 0 Å². The summed E-state index contributed by atoms with van der Waals surface area (Å²) in [5, 5.41) is 6.24. The Kier molecular flexibility index (Phi) is 3.54. The molecule has 3 rings (SSSR count). The number of nitrogens with two attached hydrogens (primary N) is 1. The molecule has 0 aliphatic heterocycles. The standard InChI is InChI=1S/C17H22N2/c1-12-5-7-15-10-13(6-8-14(15)9-12)11-19-17-4-2-3-16(17)18/h5-10,16-17,19H,2-4,11,18H2,1H3. The fourth-order valence-corrected chi connectivity index (χ4v) is 3.02. The lowest BCUT2D eigenvalue weighted by Gasteiger charge is -2.17. The Bertz CT molecular complexity index is 576. The van der Waals surface area contributed by atoms with E-state index in [9.17, 15) is 0 Å². The van der Waals surface area contributed by atoms with E-state index in [4.69, 9.17) is 5.73 Å². The van der Waals surface area contributed by atoms with Crippen LogP contribution >= 0.6 is 0 Å². The highest BCUT2D eigenvalue weighted by Crippen LogP contribution is 2.20. The van der Waals surface area contributed by atoms with E-state index in [0.717, 1.165) is 13.0 Å². The van der Waals surface area contributed by atoms with Crippen LogP contribution in [0.5, 0.6) is 0 Å². The SMILES string of the molecule is Cc1ccc2cc(CNC3CCCC3N)ccc2c1. The number of nitrogens with one attached hydrogen (secondary N) is 1. The molecule has 0 bridgehead atoms. The molecule has 0 radical (unpaired) electrons. The van der Waals surface area contributed by atoms with Crippen molar-refractivity contribution in [1.82, 2.24) is 5.32 Å². The van der Waals surface area contributed by atoms with Crippen LogP contribution in [0.25, 0.3) is 10.8 Å². The second kappa shape index (κ2) is 5.32. The number of hydrogen-bond donors (Lipinski definition) is 2. The zero-order chi connectivity index (χ0) is 13.2. The van der Waals surface area contributed by atoms with Crippen molar-refractivity contribution < 1.29 is 0 Å². The van der Waals surface area contributed by atoms with Crippen molar-refractivity contribution in [2.45, 2.75) is 44.8 Å². The van der Waals surface area contributed by atoms with Gasteiger partial charge in [-0.2, -0.15) is 0 Å².